The van der Waals surface area contributed by atoms with Crippen LogP contribution < -0.4 is 10.5 Å². The average molecular weight is 331 g/mol. The molecule has 2 nitrogen and oxygen atoms in total. The number of unbranched alkanes of at least 4 members (excludes halogenated alkanes) is 3. The molecular weight excluding hydrogens is 311 g/mol. The minimum Gasteiger partial charge on any atom is -0.409 e. The van der Waals surface area contributed by atoms with Gasteiger partial charge in [-0.25, -0.2) is 0 Å². The van der Waals surface area contributed by atoms with E-state index in [4.69, 9.17) is 0 Å². The van der Waals surface area contributed by atoms with Crippen molar-refractivity contribution in [2.45, 2.75) is 32.0 Å². The molecule has 2 aromatic carbocycles. The van der Waals surface area contributed by atoms with E-state index < -0.39 is 0 Å². The third-order valence-corrected chi connectivity index (χ3v) is 4.50. The van der Waals surface area contributed by atoms with Gasteiger partial charge in [0.1, 0.15) is 0 Å². The topological polar surface area (TPSA) is 24.1 Å². The molecule has 0 radical (unpaired) electrons. The summed E-state index contributed by atoms with van der Waals surface area (Å²) in [6, 6.07) is 13.0. The van der Waals surface area contributed by atoms with E-state index in [1.54, 1.807) is 0 Å². The first-order chi connectivity index (χ1) is 9.88. The Morgan fingerprint density at radius 2 is 1.50 bits per heavy atom. The Morgan fingerprint density at radius 1 is 0.850 bits per heavy atom. The van der Waals surface area contributed by atoms with Crippen LogP contribution in [0.2, 0.25) is 6.32 Å². The highest BCUT2D eigenvalue weighted by Gasteiger charge is 2.22. The minimum absolute atomic E-state index is 0.361. The number of anilines is 2. The Bertz CT molecular complexity index is 547. The Kier molecular flexibility index (Phi) is 4.51. The van der Waals surface area contributed by atoms with E-state index in [2.05, 4.69) is 62.8 Å². The van der Waals surface area contributed by atoms with Crippen molar-refractivity contribution in [1.29, 1.82) is 0 Å². The van der Waals surface area contributed by atoms with Gasteiger partial charge < -0.3 is 10.5 Å². The van der Waals surface area contributed by atoms with E-state index in [1.807, 2.05) is 0 Å². The number of alkyl halides is 1. The maximum absolute atomic E-state index is 3.63. The first kappa shape index (κ1) is 13.8. The SMILES string of the molecule is BrCCCCCCB1Nc2cccc3cccc(c23)N1. The summed E-state index contributed by atoms with van der Waals surface area (Å²) in [7, 11) is 0. The van der Waals surface area contributed by atoms with Crippen LogP contribution in [-0.2, 0) is 0 Å². The van der Waals surface area contributed by atoms with Gasteiger partial charge in [-0.1, -0.05) is 59.5 Å². The zero-order valence-electron chi connectivity index (χ0n) is 11.7. The van der Waals surface area contributed by atoms with Gasteiger partial charge in [0, 0.05) is 22.1 Å². The maximum atomic E-state index is 3.63. The summed E-state index contributed by atoms with van der Waals surface area (Å²) >= 11 is 3.49. The fourth-order valence-corrected chi connectivity index (χ4v) is 3.33. The maximum Gasteiger partial charge on any atom is 0.370 e. The van der Waals surface area contributed by atoms with Crippen LogP contribution in [0.1, 0.15) is 25.7 Å². The molecular formula is C16H20BBrN2. The van der Waals surface area contributed by atoms with Crippen molar-refractivity contribution in [2.75, 3.05) is 15.8 Å². The summed E-state index contributed by atoms with van der Waals surface area (Å²) in [6.07, 6.45) is 6.37. The standard InChI is InChI=1S/C16H20BBrN2/c18-12-4-2-1-3-11-17-19-14-9-5-7-13-8-6-10-15(20-17)16(13)14/h5-10,19-20H,1-4,11-12H2. The Morgan fingerprint density at radius 3 is 2.15 bits per heavy atom. The molecule has 2 N–H and O–H groups in total. The predicted molar refractivity (Wildman–Crippen MR) is 94.0 cm³/mol. The molecule has 1 aliphatic rings. The van der Waals surface area contributed by atoms with Crippen LogP contribution >= 0.6 is 15.9 Å². The lowest BCUT2D eigenvalue weighted by molar-refractivity contribution is 0.705. The van der Waals surface area contributed by atoms with E-state index in [0.29, 0.717) is 6.98 Å². The molecule has 104 valence electrons. The highest BCUT2D eigenvalue weighted by Crippen LogP contribution is 2.34. The monoisotopic (exact) mass is 330 g/mol. The van der Waals surface area contributed by atoms with Crippen LogP contribution in [-0.4, -0.2) is 12.3 Å². The van der Waals surface area contributed by atoms with Crippen molar-refractivity contribution >= 4 is 45.1 Å². The van der Waals surface area contributed by atoms with Gasteiger partial charge in [-0.05, 0) is 30.3 Å². The zero-order chi connectivity index (χ0) is 13.8. The molecule has 0 saturated heterocycles. The second-order valence-corrected chi connectivity index (χ2v) is 6.24. The van der Waals surface area contributed by atoms with Crippen LogP contribution in [0.25, 0.3) is 10.8 Å². The Balaban J connectivity index is 1.66. The summed E-state index contributed by atoms with van der Waals surface area (Å²) in [5, 5.41) is 11.0. The van der Waals surface area contributed by atoms with Crippen molar-refractivity contribution < 1.29 is 0 Å². The summed E-state index contributed by atoms with van der Waals surface area (Å²) in [5.41, 5.74) is 2.53. The normalized spacial score (nSPS) is 13.2. The number of halogens is 1. The lowest BCUT2D eigenvalue weighted by Crippen LogP contribution is -2.36. The predicted octanol–water partition coefficient (Wildman–Crippen LogP) is 5.12. The molecule has 0 aromatic heterocycles. The number of benzene rings is 2. The van der Waals surface area contributed by atoms with Crippen LogP contribution in [0.5, 0.6) is 0 Å². The third kappa shape index (κ3) is 2.95. The van der Waals surface area contributed by atoms with E-state index in [9.17, 15) is 0 Å². The molecule has 4 heteroatoms. The van der Waals surface area contributed by atoms with Crippen LogP contribution in [0, 0.1) is 0 Å². The molecule has 1 heterocycles. The highest BCUT2D eigenvalue weighted by atomic mass is 79.9. The molecule has 0 amide bonds. The van der Waals surface area contributed by atoms with E-state index in [0.717, 1.165) is 5.33 Å². The molecule has 0 unspecified atom stereocenters. The van der Waals surface area contributed by atoms with Gasteiger partial charge in [-0.3, -0.25) is 0 Å². The number of rotatable bonds is 6. The van der Waals surface area contributed by atoms with E-state index in [-0.39, 0.29) is 0 Å². The van der Waals surface area contributed by atoms with Crippen LogP contribution in [0.15, 0.2) is 36.4 Å². The van der Waals surface area contributed by atoms with Gasteiger partial charge in [-0.15, -0.1) is 0 Å². The summed E-state index contributed by atoms with van der Waals surface area (Å²) in [5.74, 6) is 0. The van der Waals surface area contributed by atoms with Crippen LogP contribution in [0.4, 0.5) is 11.4 Å². The molecule has 0 spiro atoms. The van der Waals surface area contributed by atoms with Crippen molar-refractivity contribution in [3.05, 3.63) is 36.4 Å². The lowest BCUT2D eigenvalue weighted by Gasteiger charge is -2.26. The number of hydrogen-bond acceptors (Lipinski definition) is 2. The molecule has 0 atom stereocenters. The first-order valence-electron chi connectivity index (χ1n) is 7.49. The molecule has 20 heavy (non-hydrogen) atoms. The fraction of sp³-hybridized carbons (Fsp3) is 0.375. The first-order valence-corrected chi connectivity index (χ1v) is 8.61. The summed E-state index contributed by atoms with van der Waals surface area (Å²) in [4.78, 5) is 0. The number of nitrogens with one attached hydrogen (secondary N) is 2. The van der Waals surface area contributed by atoms with Crippen molar-refractivity contribution in [3.63, 3.8) is 0 Å². The molecule has 1 aliphatic heterocycles. The molecule has 2 aromatic rings. The van der Waals surface area contributed by atoms with Crippen molar-refractivity contribution in [3.8, 4) is 0 Å². The van der Waals surface area contributed by atoms with Gasteiger partial charge in [0.25, 0.3) is 0 Å². The van der Waals surface area contributed by atoms with Gasteiger partial charge in [0.05, 0.1) is 0 Å². The van der Waals surface area contributed by atoms with Crippen LogP contribution in [0.3, 0.4) is 0 Å². The highest BCUT2D eigenvalue weighted by molar-refractivity contribution is 9.09. The third-order valence-electron chi connectivity index (χ3n) is 3.94. The van der Waals surface area contributed by atoms with Gasteiger partial charge >= 0.3 is 6.98 Å². The molecule has 0 aliphatic carbocycles. The quantitative estimate of drug-likeness (QED) is 0.436. The Labute approximate surface area is 129 Å². The second-order valence-electron chi connectivity index (χ2n) is 5.44. The van der Waals surface area contributed by atoms with Gasteiger partial charge in [0.15, 0.2) is 0 Å². The largest absolute Gasteiger partial charge is 0.409 e. The van der Waals surface area contributed by atoms with Gasteiger partial charge in [0.2, 0.25) is 0 Å². The van der Waals surface area contributed by atoms with Crippen molar-refractivity contribution in [2.24, 2.45) is 0 Å². The molecule has 0 bridgehead atoms. The second kappa shape index (κ2) is 6.53. The zero-order valence-corrected chi connectivity index (χ0v) is 13.2. The molecule has 0 fully saturated rings. The number of hydrogen-bond donors (Lipinski definition) is 2. The smallest absolute Gasteiger partial charge is 0.370 e. The summed E-state index contributed by atoms with van der Waals surface area (Å²) < 4.78 is 0. The van der Waals surface area contributed by atoms with Gasteiger partial charge in [-0.2, -0.15) is 0 Å². The summed E-state index contributed by atoms with van der Waals surface area (Å²) in [6.45, 7) is 0.361. The minimum atomic E-state index is 0.361. The van der Waals surface area contributed by atoms with E-state index in [1.165, 1.54) is 54.2 Å². The molecule has 3 rings (SSSR count). The fourth-order valence-electron chi connectivity index (χ4n) is 2.93. The van der Waals surface area contributed by atoms with E-state index >= 15 is 0 Å². The lowest BCUT2D eigenvalue weighted by atomic mass is 9.68. The Hall–Kier alpha value is -1.16. The van der Waals surface area contributed by atoms with Crippen molar-refractivity contribution in [1.82, 2.24) is 0 Å². The average Bonchev–Trinajstić information content (AvgIpc) is 2.48. The molecule has 0 saturated carbocycles.